The Morgan fingerprint density at radius 2 is 1.77 bits per heavy atom. The highest BCUT2D eigenvalue weighted by molar-refractivity contribution is 6.08. The highest BCUT2D eigenvalue weighted by atomic mass is 16.5. The van der Waals surface area contributed by atoms with Crippen LogP contribution in [0.15, 0.2) is 77.6 Å². The van der Waals surface area contributed by atoms with Crippen molar-refractivity contribution in [2.45, 2.75) is 6.92 Å². The van der Waals surface area contributed by atoms with Crippen molar-refractivity contribution in [3.05, 3.63) is 89.7 Å². The molecule has 0 saturated heterocycles. The summed E-state index contributed by atoms with van der Waals surface area (Å²) in [5.74, 6) is -0.820. The second-order valence-corrected chi connectivity index (χ2v) is 6.70. The summed E-state index contributed by atoms with van der Waals surface area (Å²) in [6.07, 6.45) is 3.25. The molecule has 2 heterocycles. The maximum atomic E-state index is 12.8. The van der Waals surface area contributed by atoms with Crippen molar-refractivity contribution < 1.29 is 14.1 Å². The van der Waals surface area contributed by atoms with Crippen LogP contribution in [-0.4, -0.2) is 22.0 Å². The van der Waals surface area contributed by atoms with E-state index in [1.54, 1.807) is 67.0 Å². The molecule has 0 aliphatic rings. The van der Waals surface area contributed by atoms with E-state index in [2.05, 4.69) is 15.5 Å². The number of nitrogens with zero attached hydrogens (tertiary/aromatic N) is 2. The minimum absolute atomic E-state index is 0.127. The van der Waals surface area contributed by atoms with Crippen LogP contribution in [0.3, 0.4) is 0 Å². The third-order valence-electron chi connectivity index (χ3n) is 4.62. The number of carbonyl (C=O) groups excluding carboxylic acids is 2. The molecule has 0 radical (unpaired) electrons. The van der Waals surface area contributed by atoms with Gasteiger partial charge in [0.2, 0.25) is 11.8 Å². The number of nitrogens with one attached hydrogen (secondary N) is 1. The number of hydrogen-bond acceptors (Lipinski definition) is 5. The van der Waals surface area contributed by atoms with Gasteiger partial charge >= 0.3 is 0 Å². The van der Waals surface area contributed by atoms with Crippen LogP contribution < -0.4 is 11.1 Å². The average Bonchev–Trinajstić information content (AvgIpc) is 3.17. The van der Waals surface area contributed by atoms with Crippen LogP contribution in [-0.2, 0) is 0 Å². The van der Waals surface area contributed by atoms with Crippen molar-refractivity contribution in [2.24, 2.45) is 5.73 Å². The Hall–Kier alpha value is -4.26. The van der Waals surface area contributed by atoms with Crippen LogP contribution >= 0.6 is 0 Å². The molecule has 0 saturated carbocycles. The van der Waals surface area contributed by atoms with Crippen LogP contribution in [0.2, 0.25) is 0 Å². The number of benzene rings is 2. The number of aryl methyl sites for hydroxylation is 1. The number of carbonyl (C=O) groups is 2. The fraction of sp³-hybridized carbons (Fsp3) is 0.0435. The van der Waals surface area contributed by atoms with Gasteiger partial charge in [0.05, 0.1) is 5.56 Å². The lowest BCUT2D eigenvalue weighted by Crippen LogP contribution is -2.14. The summed E-state index contributed by atoms with van der Waals surface area (Å²) in [5, 5.41) is 6.93. The maximum Gasteiger partial charge on any atom is 0.258 e. The van der Waals surface area contributed by atoms with E-state index in [9.17, 15) is 9.59 Å². The fourth-order valence-corrected chi connectivity index (χ4v) is 3.21. The van der Waals surface area contributed by atoms with Crippen LogP contribution in [0.1, 0.15) is 26.3 Å². The molecule has 0 fully saturated rings. The van der Waals surface area contributed by atoms with E-state index in [0.29, 0.717) is 27.9 Å². The topological polar surface area (TPSA) is 111 Å². The van der Waals surface area contributed by atoms with Gasteiger partial charge < -0.3 is 10.3 Å². The number of aromatic nitrogens is 2. The van der Waals surface area contributed by atoms with Crippen LogP contribution in [0.4, 0.5) is 5.88 Å². The standard InChI is InChI=1S/C23H18N4O3/c1-14-5-4-6-16(13-14)22(29)26-23-19(17-7-2-3-8-18(17)21(24)28)20(27-30-23)15-9-11-25-12-10-15/h2-13H,1H3,(H2,24,28)(H,26,29). The smallest absolute Gasteiger partial charge is 0.258 e. The van der Waals surface area contributed by atoms with Crippen LogP contribution in [0, 0.1) is 6.92 Å². The van der Waals surface area contributed by atoms with Gasteiger partial charge in [0, 0.05) is 34.6 Å². The Bertz CT molecular complexity index is 1230. The van der Waals surface area contributed by atoms with Crippen LogP contribution in [0.5, 0.6) is 0 Å². The predicted molar refractivity (Wildman–Crippen MR) is 113 cm³/mol. The average molecular weight is 398 g/mol. The third-order valence-corrected chi connectivity index (χ3v) is 4.62. The van der Waals surface area contributed by atoms with Crippen molar-refractivity contribution >= 4 is 17.7 Å². The van der Waals surface area contributed by atoms with E-state index >= 15 is 0 Å². The van der Waals surface area contributed by atoms with Gasteiger partial charge in [-0.05, 0) is 37.3 Å². The van der Waals surface area contributed by atoms with E-state index in [4.69, 9.17) is 10.3 Å². The molecule has 0 aliphatic carbocycles. The SMILES string of the molecule is Cc1cccc(C(=O)Nc2onc(-c3ccncc3)c2-c2ccccc2C(N)=O)c1. The Morgan fingerprint density at radius 1 is 1.00 bits per heavy atom. The van der Waals surface area contributed by atoms with Gasteiger partial charge in [0.1, 0.15) is 5.69 Å². The highest BCUT2D eigenvalue weighted by Gasteiger charge is 2.24. The number of rotatable bonds is 5. The molecule has 30 heavy (non-hydrogen) atoms. The number of nitrogens with two attached hydrogens (primary N) is 1. The fourth-order valence-electron chi connectivity index (χ4n) is 3.21. The molecule has 4 rings (SSSR count). The van der Waals surface area contributed by atoms with Gasteiger partial charge in [0.25, 0.3) is 5.91 Å². The molecule has 4 aromatic rings. The largest absolute Gasteiger partial charge is 0.366 e. The van der Waals surface area contributed by atoms with Crippen molar-refractivity contribution in [1.82, 2.24) is 10.1 Å². The minimum Gasteiger partial charge on any atom is -0.366 e. The number of pyridine rings is 1. The van der Waals surface area contributed by atoms with E-state index in [1.165, 1.54) is 0 Å². The van der Waals surface area contributed by atoms with Gasteiger partial charge in [0.15, 0.2) is 0 Å². The van der Waals surface area contributed by atoms with Crippen molar-refractivity contribution in [3.63, 3.8) is 0 Å². The molecule has 2 aromatic carbocycles. The Kier molecular flexibility index (Phi) is 5.09. The third kappa shape index (κ3) is 3.68. The summed E-state index contributed by atoms with van der Waals surface area (Å²) in [7, 11) is 0. The van der Waals surface area contributed by atoms with E-state index in [0.717, 1.165) is 11.1 Å². The lowest BCUT2D eigenvalue weighted by atomic mass is 9.96. The zero-order valence-electron chi connectivity index (χ0n) is 16.1. The molecule has 2 aromatic heterocycles. The minimum atomic E-state index is -0.594. The quantitative estimate of drug-likeness (QED) is 0.526. The Balaban J connectivity index is 1.85. The van der Waals surface area contributed by atoms with Crippen molar-refractivity contribution in [1.29, 1.82) is 0 Å². The second-order valence-electron chi connectivity index (χ2n) is 6.70. The molecular weight excluding hydrogens is 380 g/mol. The Labute approximate surface area is 172 Å². The van der Waals surface area contributed by atoms with Crippen molar-refractivity contribution in [3.8, 4) is 22.4 Å². The molecule has 0 bridgehead atoms. The summed E-state index contributed by atoms with van der Waals surface area (Å²) >= 11 is 0. The summed E-state index contributed by atoms with van der Waals surface area (Å²) in [6.45, 7) is 1.90. The molecule has 148 valence electrons. The molecule has 2 amide bonds. The zero-order valence-corrected chi connectivity index (χ0v) is 16.1. The molecule has 0 unspecified atom stereocenters. The van der Waals surface area contributed by atoms with E-state index in [1.807, 2.05) is 13.0 Å². The van der Waals surface area contributed by atoms with E-state index in [-0.39, 0.29) is 11.8 Å². The molecule has 0 aliphatic heterocycles. The molecule has 0 spiro atoms. The first-order valence-electron chi connectivity index (χ1n) is 9.22. The van der Waals surface area contributed by atoms with Crippen LogP contribution in [0.25, 0.3) is 22.4 Å². The first-order valence-corrected chi connectivity index (χ1v) is 9.22. The van der Waals surface area contributed by atoms with E-state index < -0.39 is 5.91 Å². The van der Waals surface area contributed by atoms with Gasteiger partial charge in [-0.3, -0.25) is 19.9 Å². The summed E-state index contributed by atoms with van der Waals surface area (Å²) in [6, 6.07) is 17.6. The maximum absolute atomic E-state index is 12.8. The van der Waals surface area contributed by atoms with Gasteiger partial charge in [-0.15, -0.1) is 0 Å². The molecule has 7 nitrogen and oxygen atoms in total. The normalized spacial score (nSPS) is 10.6. The molecule has 7 heteroatoms. The van der Waals surface area contributed by atoms with Gasteiger partial charge in [-0.25, -0.2) is 0 Å². The number of primary amides is 1. The summed E-state index contributed by atoms with van der Waals surface area (Å²) in [5.41, 5.74) is 9.47. The number of anilines is 1. The van der Waals surface area contributed by atoms with Crippen molar-refractivity contribution in [2.75, 3.05) is 5.32 Å². The second kappa shape index (κ2) is 8.00. The Morgan fingerprint density at radius 3 is 2.50 bits per heavy atom. The highest BCUT2D eigenvalue weighted by Crippen LogP contribution is 2.39. The monoisotopic (exact) mass is 398 g/mol. The lowest BCUT2D eigenvalue weighted by molar-refractivity contribution is 0.0998. The molecule has 0 atom stereocenters. The van der Waals surface area contributed by atoms with Gasteiger partial charge in [-0.1, -0.05) is 41.1 Å². The molecular formula is C23H18N4O3. The zero-order chi connectivity index (χ0) is 21.1. The first-order chi connectivity index (χ1) is 14.5. The lowest BCUT2D eigenvalue weighted by Gasteiger charge is -2.09. The van der Waals surface area contributed by atoms with Gasteiger partial charge in [-0.2, -0.15) is 0 Å². The molecule has 3 N–H and O–H groups in total. The number of amides is 2. The first kappa shape index (κ1) is 19.1. The summed E-state index contributed by atoms with van der Waals surface area (Å²) < 4.78 is 5.51. The predicted octanol–water partition coefficient (Wildman–Crippen LogP) is 4.06. The summed E-state index contributed by atoms with van der Waals surface area (Å²) in [4.78, 5) is 28.9. The number of hydrogen-bond donors (Lipinski definition) is 2.